The minimum absolute atomic E-state index is 0.0155. The molecule has 1 aliphatic rings. The van der Waals surface area contributed by atoms with Gasteiger partial charge in [0.15, 0.2) is 0 Å². The number of nitrogens with one attached hydrogen (secondary N) is 2. The Labute approximate surface area is 128 Å². The Morgan fingerprint density at radius 3 is 2.81 bits per heavy atom. The van der Waals surface area contributed by atoms with Gasteiger partial charge in [-0.2, -0.15) is 0 Å². The largest absolute Gasteiger partial charge is 0.352 e. The number of sulfonamides is 1. The molecule has 7 heteroatoms. The first kappa shape index (κ1) is 18.1. The van der Waals surface area contributed by atoms with Gasteiger partial charge >= 0.3 is 0 Å². The predicted octanol–water partition coefficient (Wildman–Crippen LogP) is 0.328. The highest BCUT2D eigenvalue weighted by Gasteiger charge is 2.23. The third kappa shape index (κ3) is 6.58. The second-order valence-electron chi connectivity index (χ2n) is 5.78. The van der Waals surface area contributed by atoms with Gasteiger partial charge < -0.3 is 5.32 Å². The lowest BCUT2D eigenvalue weighted by molar-refractivity contribution is -0.122. The minimum atomic E-state index is -3.21. The number of hydrogen-bond acceptors (Lipinski definition) is 4. The molecule has 0 aromatic rings. The van der Waals surface area contributed by atoms with Crippen molar-refractivity contribution in [3.63, 3.8) is 0 Å². The van der Waals surface area contributed by atoms with E-state index in [2.05, 4.69) is 21.5 Å². The van der Waals surface area contributed by atoms with Crippen molar-refractivity contribution in [1.29, 1.82) is 0 Å². The van der Waals surface area contributed by atoms with Gasteiger partial charge in [0, 0.05) is 19.6 Å². The predicted molar refractivity (Wildman–Crippen MR) is 84.4 cm³/mol. The van der Waals surface area contributed by atoms with E-state index in [1.807, 2.05) is 0 Å². The van der Waals surface area contributed by atoms with E-state index in [4.69, 9.17) is 0 Å². The third-order valence-electron chi connectivity index (χ3n) is 3.61. The van der Waals surface area contributed by atoms with Crippen LogP contribution in [0.3, 0.4) is 0 Å². The molecule has 0 bridgehead atoms. The number of carbonyl (C=O) groups excluding carboxylic acids is 1. The molecule has 122 valence electrons. The summed E-state index contributed by atoms with van der Waals surface area (Å²) >= 11 is 0. The highest BCUT2D eigenvalue weighted by atomic mass is 32.2. The number of nitrogens with zero attached hydrogens (tertiary/aromatic N) is 1. The van der Waals surface area contributed by atoms with Gasteiger partial charge in [-0.3, -0.25) is 9.69 Å². The smallest absolute Gasteiger partial charge is 0.234 e. The zero-order valence-electron chi connectivity index (χ0n) is 13.0. The van der Waals surface area contributed by atoms with Crippen molar-refractivity contribution in [3.8, 4) is 0 Å². The number of piperidine rings is 1. The summed E-state index contributed by atoms with van der Waals surface area (Å²) in [5.74, 6) is 0.248. The van der Waals surface area contributed by atoms with Crippen LogP contribution in [0, 0.1) is 5.92 Å². The van der Waals surface area contributed by atoms with Gasteiger partial charge in [0.2, 0.25) is 15.9 Å². The number of carbonyl (C=O) groups is 1. The standard InChI is InChI=1S/C14H27N3O3S/c1-4-7-15-14(18)11-17-8-5-6-13(10-17)9-16-21(19,20)12(2)3/h4,12-13,16H,1,5-11H2,2-3H3,(H,15,18). The lowest BCUT2D eigenvalue weighted by Gasteiger charge is -2.32. The van der Waals surface area contributed by atoms with Crippen molar-refractivity contribution in [3.05, 3.63) is 12.7 Å². The van der Waals surface area contributed by atoms with Crippen LogP contribution >= 0.6 is 0 Å². The molecule has 1 atom stereocenters. The molecule has 21 heavy (non-hydrogen) atoms. The van der Waals surface area contributed by atoms with E-state index in [9.17, 15) is 13.2 Å². The van der Waals surface area contributed by atoms with Gasteiger partial charge in [-0.15, -0.1) is 6.58 Å². The van der Waals surface area contributed by atoms with Gasteiger partial charge in [0.05, 0.1) is 11.8 Å². The molecule has 1 aliphatic heterocycles. The first-order valence-electron chi connectivity index (χ1n) is 7.43. The molecule has 0 aliphatic carbocycles. The molecule has 0 saturated carbocycles. The summed E-state index contributed by atoms with van der Waals surface area (Å²) in [4.78, 5) is 13.8. The Morgan fingerprint density at radius 2 is 2.19 bits per heavy atom. The Bertz CT molecular complexity index is 448. The van der Waals surface area contributed by atoms with Crippen LogP contribution in [0.5, 0.6) is 0 Å². The summed E-state index contributed by atoms with van der Waals surface area (Å²) in [6.07, 6.45) is 3.63. The number of likely N-dealkylation sites (tertiary alicyclic amines) is 1. The Morgan fingerprint density at radius 1 is 1.48 bits per heavy atom. The van der Waals surface area contributed by atoms with Crippen molar-refractivity contribution in [2.75, 3.05) is 32.7 Å². The summed E-state index contributed by atoms with van der Waals surface area (Å²) in [6, 6.07) is 0. The number of hydrogen-bond donors (Lipinski definition) is 2. The Balaban J connectivity index is 2.38. The topological polar surface area (TPSA) is 78.5 Å². The molecule has 1 heterocycles. The van der Waals surface area contributed by atoms with E-state index in [1.165, 1.54) is 0 Å². The molecule has 1 saturated heterocycles. The fraction of sp³-hybridized carbons (Fsp3) is 0.786. The van der Waals surface area contributed by atoms with Crippen molar-refractivity contribution in [2.45, 2.75) is 31.9 Å². The highest BCUT2D eigenvalue weighted by molar-refractivity contribution is 7.90. The Hall–Kier alpha value is -0.920. The first-order chi connectivity index (χ1) is 9.85. The first-order valence-corrected chi connectivity index (χ1v) is 8.98. The summed E-state index contributed by atoms with van der Waals surface area (Å²) in [6.45, 7) is 9.82. The maximum atomic E-state index is 11.8. The van der Waals surface area contributed by atoms with E-state index in [-0.39, 0.29) is 11.8 Å². The minimum Gasteiger partial charge on any atom is -0.352 e. The molecule has 1 amide bonds. The molecule has 1 unspecified atom stereocenters. The van der Waals surface area contributed by atoms with E-state index < -0.39 is 15.3 Å². The molecule has 6 nitrogen and oxygen atoms in total. The average molecular weight is 317 g/mol. The quantitative estimate of drug-likeness (QED) is 0.632. The van der Waals surface area contributed by atoms with Crippen molar-refractivity contribution in [2.24, 2.45) is 5.92 Å². The fourth-order valence-electron chi connectivity index (χ4n) is 2.31. The summed E-state index contributed by atoms with van der Waals surface area (Å²) in [5, 5.41) is 2.34. The van der Waals surface area contributed by atoms with Gasteiger partial charge in [-0.25, -0.2) is 13.1 Å². The normalized spacial score (nSPS) is 20.4. The fourth-order valence-corrected chi connectivity index (χ4v) is 3.11. The number of amides is 1. The van der Waals surface area contributed by atoms with Gasteiger partial charge in [-0.1, -0.05) is 6.08 Å². The molecular weight excluding hydrogens is 290 g/mol. The maximum Gasteiger partial charge on any atom is 0.234 e. The monoisotopic (exact) mass is 317 g/mol. The molecule has 0 aromatic heterocycles. The molecule has 2 N–H and O–H groups in total. The van der Waals surface area contributed by atoms with Gasteiger partial charge in [-0.05, 0) is 39.2 Å². The summed E-state index contributed by atoms with van der Waals surface area (Å²) in [7, 11) is -3.21. The van der Waals surface area contributed by atoms with Gasteiger partial charge in [0.25, 0.3) is 0 Å². The van der Waals surface area contributed by atoms with Crippen LogP contribution in [0.4, 0.5) is 0 Å². The van der Waals surface area contributed by atoms with Crippen molar-refractivity contribution in [1.82, 2.24) is 14.9 Å². The van der Waals surface area contributed by atoms with E-state index in [1.54, 1.807) is 19.9 Å². The molecule has 1 rings (SSSR count). The van der Waals surface area contributed by atoms with Crippen LogP contribution in [0.15, 0.2) is 12.7 Å². The second-order valence-corrected chi connectivity index (χ2v) is 8.10. The van der Waals surface area contributed by atoms with Crippen molar-refractivity contribution >= 4 is 15.9 Å². The van der Waals surface area contributed by atoms with E-state index >= 15 is 0 Å². The second kappa shape index (κ2) is 8.51. The van der Waals surface area contributed by atoms with Crippen LogP contribution in [0.2, 0.25) is 0 Å². The van der Waals surface area contributed by atoms with Crippen LogP contribution < -0.4 is 10.0 Å². The summed E-state index contributed by atoms with van der Waals surface area (Å²) in [5.41, 5.74) is 0. The molecule has 1 fully saturated rings. The van der Waals surface area contributed by atoms with E-state index in [0.717, 1.165) is 25.9 Å². The molecular formula is C14H27N3O3S. The highest BCUT2D eigenvalue weighted by Crippen LogP contribution is 2.16. The van der Waals surface area contributed by atoms with Crippen LogP contribution in [0.25, 0.3) is 0 Å². The molecule has 0 spiro atoms. The summed E-state index contributed by atoms with van der Waals surface area (Å²) < 4.78 is 26.2. The molecule has 0 radical (unpaired) electrons. The zero-order chi connectivity index (χ0) is 15.9. The van der Waals surface area contributed by atoms with Crippen LogP contribution in [-0.4, -0.2) is 57.2 Å². The molecule has 0 aromatic carbocycles. The maximum absolute atomic E-state index is 11.8. The third-order valence-corrected chi connectivity index (χ3v) is 5.42. The van der Waals surface area contributed by atoms with E-state index in [0.29, 0.717) is 19.6 Å². The Kier molecular flexibility index (Phi) is 7.34. The van der Waals surface area contributed by atoms with Gasteiger partial charge in [0.1, 0.15) is 0 Å². The number of rotatable bonds is 8. The zero-order valence-corrected chi connectivity index (χ0v) is 13.8. The van der Waals surface area contributed by atoms with Crippen LogP contribution in [-0.2, 0) is 14.8 Å². The lowest BCUT2D eigenvalue weighted by atomic mass is 9.98. The lowest BCUT2D eigenvalue weighted by Crippen LogP contribution is -2.45. The SMILES string of the molecule is C=CCNC(=O)CN1CCCC(CNS(=O)(=O)C(C)C)C1. The average Bonchev–Trinajstić information content (AvgIpc) is 2.43. The van der Waals surface area contributed by atoms with Crippen molar-refractivity contribution < 1.29 is 13.2 Å². The van der Waals surface area contributed by atoms with Crippen LogP contribution in [0.1, 0.15) is 26.7 Å².